The molecule has 1 aliphatic rings. The molecular weight excluding hydrogens is 412 g/mol. The summed E-state index contributed by atoms with van der Waals surface area (Å²) in [5.74, 6) is -0.802. The number of carbonyl (C=O) groups excluding carboxylic acids is 2. The monoisotopic (exact) mass is 430 g/mol. The summed E-state index contributed by atoms with van der Waals surface area (Å²) in [6.45, 7) is 3.44. The molecule has 0 fully saturated rings. The molecule has 11 heteroatoms. The molecule has 0 atom stereocenters. The van der Waals surface area contributed by atoms with Crippen molar-refractivity contribution in [3.05, 3.63) is 76.4 Å². The van der Waals surface area contributed by atoms with E-state index in [-0.39, 0.29) is 36.1 Å². The molecule has 2 aromatic carbocycles. The van der Waals surface area contributed by atoms with Crippen LogP contribution in [0.15, 0.2) is 60.0 Å². The van der Waals surface area contributed by atoms with Crippen molar-refractivity contribution in [1.29, 1.82) is 0 Å². The highest BCUT2D eigenvalue weighted by Crippen LogP contribution is 2.30. The summed E-state index contributed by atoms with van der Waals surface area (Å²) in [6.07, 6.45) is 0. The van der Waals surface area contributed by atoms with Gasteiger partial charge in [-0.25, -0.2) is 13.1 Å². The van der Waals surface area contributed by atoms with Gasteiger partial charge in [0.15, 0.2) is 0 Å². The van der Waals surface area contributed by atoms with Gasteiger partial charge in [-0.2, -0.15) is 0 Å². The number of hydrogen-bond acceptors (Lipinski definition) is 6. The number of carbonyl (C=O) groups is 2. The summed E-state index contributed by atoms with van der Waals surface area (Å²) >= 11 is 0. The van der Waals surface area contributed by atoms with Gasteiger partial charge in [0, 0.05) is 42.0 Å². The fraction of sp³-hybridized carbons (Fsp3) is 0.158. The van der Waals surface area contributed by atoms with Gasteiger partial charge < -0.3 is 5.32 Å². The van der Waals surface area contributed by atoms with E-state index in [9.17, 15) is 28.1 Å². The van der Waals surface area contributed by atoms with E-state index in [1.807, 2.05) is 0 Å². The summed E-state index contributed by atoms with van der Waals surface area (Å²) in [7, 11) is -3.97. The molecule has 0 aliphatic carbocycles. The van der Waals surface area contributed by atoms with E-state index in [0.29, 0.717) is 16.8 Å². The van der Waals surface area contributed by atoms with Crippen LogP contribution in [0.4, 0.5) is 5.69 Å². The largest absolute Gasteiger partial charge is 0.353 e. The van der Waals surface area contributed by atoms with E-state index in [1.54, 1.807) is 24.3 Å². The number of non-ortho nitro benzene ring substituents is 1. The Hall–Kier alpha value is -3.57. The van der Waals surface area contributed by atoms with Crippen LogP contribution >= 0.6 is 0 Å². The average Bonchev–Trinajstić information content (AvgIpc) is 2.96. The maximum atomic E-state index is 12.4. The van der Waals surface area contributed by atoms with Gasteiger partial charge in [0.2, 0.25) is 15.9 Å². The Balaban J connectivity index is 1.51. The predicted octanol–water partition coefficient (Wildman–Crippen LogP) is 1.12. The van der Waals surface area contributed by atoms with Crippen LogP contribution in [0.3, 0.4) is 0 Å². The number of nitrogens with one attached hydrogen (secondary N) is 2. The zero-order valence-electron chi connectivity index (χ0n) is 15.7. The smallest absolute Gasteiger partial charge is 0.270 e. The van der Waals surface area contributed by atoms with Crippen LogP contribution in [0, 0.1) is 10.1 Å². The van der Waals surface area contributed by atoms with Crippen molar-refractivity contribution in [3.63, 3.8) is 0 Å². The molecule has 0 aromatic heterocycles. The van der Waals surface area contributed by atoms with Crippen molar-refractivity contribution >= 4 is 33.2 Å². The number of rotatable bonds is 8. The third-order valence-electron chi connectivity index (χ3n) is 4.42. The minimum atomic E-state index is -3.97. The van der Waals surface area contributed by atoms with Gasteiger partial charge in [-0.1, -0.05) is 30.8 Å². The molecule has 0 saturated heterocycles. The molecular formula is C19H18N4O6S. The van der Waals surface area contributed by atoms with Crippen LogP contribution in [-0.2, 0) is 14.8 Å². The lowest BCUT2D eigenvalue weighted by molar-refractivity contribution is -0.385. The summed E-state index contributed by atoms with van der Waals surface area (Å²) in [6, 6.07) is 11.5. The first kappa shape index (κ1) is 21.1. The third kappa shape index (κ3) is 4.36. The number of nitrogens with zero attached hydrogens (tertiary/aromatic N) is 2. The second-order valence-electron chi connectivity index (χ2n) is 6.39. The number of nitro benzene ring substituents is 1. The molecule has 30 heavy (non-hydrogen) atoms. The number of hydrogen-bond donors (Lipinski definition) is 2. The lowest BCUT2D eigenvalue weighted by Crippen LogP contribution is -2.40. The first-order chi connectivity index (χ1) is 14.2. The molecule has 2 N–H and O–H groups in total. The standard InChI is InChI=1S/C19H18N4O6S/c1-13-16-7-2-3-8-17(16)19(25)22(13)12-18(24)20-9-10-21-30(28,29)15-6-4-5-14(11-15)23(26)27/h2-8,11,21H,1,9-10,12H2,(H,20,24). The van der Waals surface area contributed by atoms with Crippen molar-refractivity contribution in [2.75, 3.05) is 19.6 Å². The van der Waals surface area contributed by atoms with Crippen molar-refractivity contribution < 1.29 is 22.9 Å². The van der Waals surface area contributed by atoms with Crippen LogP contribution in [0.2, 0.25) is 0 Å². The number of sulfonamides is 1. The van der Waals surface area contributed by atoms with Crippen LogP contribution in [-0.4, -0.2) is 49.7 Å². The minimum absolute atomic E-state index is 0.0333. The fourth-order valence-electron chi connectivity index (χ4n) is 2.94. The molecule has 0 unspecified atom stereocenters. The van der Waals surface area contributed by atoms with E-state index in [4.69, 9.17) is 0 Å². The van der Waals surface area contributed by atoms with Gasteiger partial charge in [-0.05, 0) is 12.1 Å². The van der Waals surface area contributed by atoms with Crippen molar-refractivity contribution in [2.24, 2.45) is 0 Å². The molecule has 0 bridgehead atoms. The Morgan fingerprint density at radius 1 is 1.10 bits per heavy atom. The Labute approximate surface area is 172 Å². The number of fused-ring (bicyclic) bond motifs is 1. The van der Waals surface area contributed by atoms with Gasteiger partial charge in [0.25, 0.3) is 11.6 Å². The second kappa shape index (κ2) is 8.43. The highest BCUT2D eigenvalue weighted by molar-refractivity contribution is 7.89. The zero-order valence-corrected chi connectivity index (χ0v) is 16.5. The highest BCUT2D eigenvalue weighted by atomic mass is 32.2. The highest BCUT2D eigenvalue weighted by Gasteiger charge is 2.31. The van der Waals surface area contributed by atoms with Gasteiger partial charge in [-0.3, -0.25) is 24.6 Å². The maximum absolute atomic E-state index is 12.4. The first-order valence-electron chi connectivity index (χ1n) is 8.81. The summed E-state index contributed by atoms with van der Waals surface area (Å²) in [5, 5.41) is 13.3. The molecule has 1 heterocycles. The Morgan fingerprint density at radius 3 is 2.47 bits per heavy atom. The number of amides is 2. The Kier molecular flexibility index (Phi) is 5.94. The lowest BCUT2D eigenvalue weighted by Gasteiger charge is -2.17. The number of benzene rings is 2. The van der Waals surface area contributed by atoms with E-state index >= 15 is 0 Å². The van der Waals surface area contributed by atoms with Gasteiger partial charge in [0.05, 0.1) is 9.82 Å². The van der Waals surface area contributed by atoms with Crippen LogP contribution in [0.1, 0.15) is 15.9 Å². The van der Waals surface area contributed by atoms with Gasteiger partial charge in [-0.15, -0.1) is 0 Å². The Morgan fingerprint density at radius 2 is 1.80 bits per heavy atom. The summed E-state index contributed by atoms with van der Waals surface area (Å²) in [5.41, 5.74) is 1.22. The summed E-state index contributed by atoms with van der Waals surface area (Å²) < 4.78 is 26.7. The topological polar surface area (TPSA) is 139 Å². The average molecular weight is 430 g/mol. The fourth-order valence-corrected chi connectivity index (χ4v) is 4.01. The first-order valence-corrected chi connectivity index (χ1v) is 10.3. The molecule has 0 saturated carbocycles. The minimum Gasteiger partial charge on any atom is -0.353 e. The van der Waals surface area contributed by atoms with Gasteiger partial charge in [0.1, 0.15) is 6.54 Å². The van der Waals surface area contributed by atoms with Crippen molar-refractivity contribution in [3.8, 4) is 0 Å². The van der Waals surface area contributed by atoms with E-state index < -0.39 is 20.9 Å². The van der Waals surface area contributed by atoms with Crippen LogP contribution in [0.5, 0.6) is 0 Å². The molecule has 1 aliphatic heterocycles. The van der Waals surface area contributed by atoms with Crippen LogP contribution < -0.4 is 10.0 Å². The molecule has 0 radical (unpaired) electrons. The van der Waals surface area contributed by atoms with Crippen molar-refractivity contribution in [1.82, 2.24) is 14.9 Å². The molecule has 3 rings (SSSR count). The van der Waals surface area contributed by atoms with E-state index in [2.05, 4.69) is 16.6 Å². The molecule has 0 spiro atoms. The van der Waals surface area contributed by atoms with Crippen molar-refractivity contribution in [2.45, 2.75) is 4.90 Å². The van der Waals surface area contributed by atoms with E-state index in [1.165, 1.54) is 23.1 Å². The zero-order chi connectivity index (χ0) is 21.9. The molecule has 156 valence electrons. The second-order valence-corrected chi connectivity index (χ2v) is 8.15. The normalized spacial score (nSPS) is 13.3. The summed E-state index contributed by atoms with van der Waals surface area (Å²) in [4.78, 5) is 35.6. The molecule has 2 amide bonds. The number of nitro groups is 1. The Bertz CT molecular complexity index is 1110. The quantitative estimate of drug-likeness (QED) is 0.365. The maximum Gasteiger partial charge on any atom is 0.270 e. The molecule has 2 aromatic rings. The van der Waals surface area contributed by atoms with Gasteiger partial charge >= 0.3 is 0 Å². The third-order valence-corrected chi connectivity index (χ3v) is 5.88. The van der Waals surface area contributed by atoms with E-state index in [0.717, 1.165) is 6.07 Å². The predicted molar refractivity (Wildman–Crippen MR) is 108 cm³/mol. The molecule has 10 nitrogen and oxygen atoms in total. The lowest BCUT2D eigenvalue weighted by atomic mass is 10.1. The van der Waals surface area contributed by atoms with Crippen LogP contribution in [0.25, 0.3) is 5.70 Å². The SMILES string of the molecule is C=C1c2ccccc2C(=O)N1CC(=O)NCCNS(=O)(=O)c1cccc([N+](=O)[O-])c1.